The van der Waals surface area contributed by atoms with Crippen molar-refractivity contribution in [1.29, 1.82) is 0 Å². The highest BCUT2D eigenvalue weighted by molar-refractivity contribution is 7.99. The molecule has 1 heterocycles. The summed E-state index contributed by atoms with van der Waals surface area (Å²) in [6.07, 6.45) is 0.672. The molecule has 154 valence electrons. The number of fused-ring (bicyclic) bond motifs is 1. The van der Waals surface area contributed by atoms with Crippen LogP contribution >= 0.6 is 11.8 Å². The van der Waals surface area contributed by atoms with Gasteiger partial charge in [0.2, 0.25) is 5.91 Å². The molecule has 7 nitrogen and oxygen atoms in total. The van der Waals surface area contributed by atoms with Gasteiger partial charge in [-0.25, -0.2) is 0 Å². The summed E-state index contributed by atoms with van der Waals surface area (Å²) in [5.74, 6) is 2.30. The number of rotatable bonds is 7. The lowest BCUT2D eigenvalue weighted by Gasteiger charge is -2.38. The Morgan fingerprint density at radius 1 is 1.31 bits per heavy atom. The van der Waals surface area contributed by atoms with Crippen molar-refractivity contribution >= 4 is 23.4 Å². The molecule has 0 fully saturated rings. The molecule has 3 rings (SSSR count). The van der Waals surface area contributed by atoms with Crippen molar-refractivity contribution < 1.29 is 19.2 Å². The number of carbonyl (C=O) groups is 1. The number of hydrogen-bond donors (Lipinski definition) is 1. The van der Waals surface area contributed by atoms with E-state index in [2.05, 4.69) is 5.32 Å². The second-order valence-electron chi connectivity index (χ2n) is 7.51. The lowest BCUT2D eigenvalue weighted by atomic mass is 9.89. The van der Waals surface area contributed by atoms with Gasteiger partial charge in [-0.1, -0.05) is 12.1 Å². The maximum Gasteiger partial charge on any atom is 0.269 e. The fourth-order valence-corrected chi connectivity index (χ4v) is 4.10. The van der Waals surface area contributed by atoms with Crippen LogP contribution in [0.5, 0.6) is 11.5 Å². The minimum Gasteiger partial charge on any atom is -0.497 e. The Morgan fingerprint density at radius 3 is 2.69 bits per heavy atom. The molecule has 0 aromatic heterocycles. The van der Waals surface area contributed by atoms with Crippen molar-refractivity contribution in [3.05, 3.63) is 63.7 Å². The predicted octanol–water partition coefficient (Wildman–Crippen LogP) is 4.26. The number of hydrogen-bond acceptors (Lipinski definition) is 6. The van der Waals surface area contributed by atoms with Crippen LogP contribution in [0.2, 0.25) is 0 Å². The van der Waals surface area contributed by atoms with Crippen LogP contribution in [0.1, 0.15) is 37.4 Å². The van der Waals surface area contributed by atoms with Gasteiger partial charge < -0.3 is 14.8 Å². The Balaban J connectivity index is 1.58. The molecule has 1 unspecified atom stereocenters. The van der Waals surface area contributed by atoms with Crippen LogP contribution in [-0.4, -0.2) is 29.3 Å². The minimum atomic E-state index is -0.423. The third kappa shape index (κ3) is 5.41. The Kier molecular flexibility index (Phi) is 6.32. The van der Waals surface area contributed by atoms with Crippen molar-refractivity contribution in [2.45, 2.75) is 37.7 Å². The zero-order valence-corrected chi connectivity index (χ0v) is 17.5. The van der Waals surface area contributed by atoms with E-state index in [0.29, 0.717) is 23.7 Å². The molecule has 0 aliphatic carbocycles. The van der Waals surface area contributed by atoms with Crippen molar-refractivity contribution in [2.24, 2.45) is 0 Å². The summed E-state index contributed by atoms with van der Waals surface area (Å²) in [5, 5.41) is 13.8. The number of non-ortho nitro benzene ring substituents is 1. The molecular formula is C21H24N2O5S. The molecular weight excluding hydrogens is 392 g/mol. The van der Waals surface area contributed by atoms with E-state index in [1.165, 1.54) is 23.9 Å². The molecule has 2 aromatic carbocycles. The van der Waals surface area contributed by atoms with E-state index in [-0.39, 0.29) is 17.6 Å². The first-order chi connectivity index (χ1) is 13.8. The van der Waals surface area contributed by atoms with Gasteiger partial charge in [-0.3, -0.25) is 14.9 Å². The summed E-state index contributed by atoms with van der Waals surface area (Å²) < 4.78 is 11.3. The molecule has 1 atom stereocenters. The van der Waals surface area contributed by atoms with Gasteiger partial charge in [0, 0.05) is 35.9 Å². The number of thioether (sulfide) groups is 1. The average molecular weight is 416 g/mol. The molecule has 0 saturated heterocycles. The topological polar surface area (TPSA) is 90.7 Å². The second kappa shape index (κ2) is 8.73. The van der Waals surface area contributed by atoms with E-state index in [1.807, 2.05) is 32.0 Å². The summed E-state index contributed by atoms with van der Waals surface area (Å²) in [4.78, 5) is 22.8. The maximum absolute atomic E-state index is 12.5. The molecule has 1 N–H and O–H groups in total. The van der Waals surface area contributed by atoms with Crippen LogP contribution in [0.25, 0.3) is 0 Å². The number of nitrogens with zero attached hydrogens (tertiary/aromatic N) is 1. The molecule has 1 aliphatic rings. The van der Waals surface area contributed by atoms with Gasteiger partial charge in [0.05, 0.1) is 23.8 Å². The number of amides is 1. The molecule has 0 spiro atoms. The Bertz CT molecular complexity index is 898. The van der Waals surface area contributed by atoms with Gasteiger partial charge >= 0.3 is 0 Å². The van der Waals surface area contributed by atoms with Crippen molar-refractivity contribution in [3.63, 3.8) is 0 Å². The number of nitrogens with one attached hydrogen (secondary N) is 1. The maximum atomic E-state index is 12.5. The zero-order chi connectivity index (χ0) is 21.0. The highest BCUT2D eigenvalue weighted by atomic mass is 32.2. The monoisotopic (exact) mass is 416 g/mol. The number of benzene rings is 2. The first kappa shape index (κ1) is 21.0. The van der Waals surface area contributed by atoms with E-state index in [0.717, 1.165) is 16.9 Å². The van der Waals surface area contributed by atoms with Crippen LogP contribution in [-0.2, 0) is 10.5 Å². The quantitative estimate of drug-likeness (QED) is 0.536. The minimum absolute atomic E-state index is 0.0543. The Labute approximate surface area is 173 Å². The Morgan fingerprint density at radius 2 is 2.03 bits per heavy atom. The summed E-state index contributed by atoms with van der Waals surface area (Å²) in [5.41, 5.74) is 1.55. The number of methoxy groups -OCH3 is 1. The van der Waals surface area contributed by atoms with Gasteiger partial charge in [-0.05, 0) is 31.5 Å². The molecule has 0 saturated carbocycles. The van der Waals surface area contributed by atoms with Crippen LogP contribution in [0.3, 0.4) is 0 Å². The average Bonchev–Trinajstić information content (AvgIpc) is 2.67. The van der Waals surface area contributed by atoms with Gasteiger partial charge in [0.1, 0.15) is 17.1 Å². The lowest BCUT2D eigenvalue weighted by Crippen LogP contribution is -2.41. The largest absolute Gasteiger partial charge is 0.497 e. The zero-order valence-electron chi connectivity index (χ0n) is 16.6. The molecule has 0 bridgehead atoms. The molecule has 2 aromatic rings. The number of nitro benzene ring substituents is 1. The van der Waals surface area contributed by atoms with E-state index in [4.69, 9.17) is 9.47 Å². The SMILES string of the molecule is COc1ccc2c(c1)OC(C)(C)CC2NC(=O)CSCc1ccc([N+](=O)[O-])cc1. The van der Waals surface area contributed by atoms with E-state index in [9.17, 15) is 14.9 Å². The second-order valence-corrected chi connectivity index (χ2v) is 8.49. The fourth-order valence-electron chi connectivity index (χ4n) is 3.30. The molecule has 8 heteroatoms. The first-order valence-electron chi connectivity index (χ1n) is 9.25. The number of nitro groups is 1. The molecule has 1 aliphatic heterocycles. The van der Waals surface area contributed by atoms with E-state index < -0.39 is 10.5 Å². The third-order valence-corrected chi connectivity index (χ3v) is 5.67. The van der Waals surface area contributed by atoms with Crippen LogP contribution in [0, 0.1) is 10.1 Å². The van der Waals surface area contributed by atoms with Crippen LogP contribution < -0.4 is 14.8 Å². The summed E-state index contributed by atoms with van der Waals surface area (Å²) in [6.45, 7) is 4.00. The van der Waals surface area contributed by atoms with E-state index in [1.54, 1.807) is 19.2 Å². The third-order valence-electron chi connectivity index (χ3n) is 4.66. The van der Waals surface area contributed by atoms with Crippen molar-refractivity contribution in [1.82, 2.24) is 5.32 Å². The standard InChI is InChI=1S/C21H24N2O5S/c1-21(2)11-18(17-9-8-16(27-3)10-19(17)28-21)22-20(24)13-29-12-14-4-6-15(7-5-14)23(25)26/h4-10,18H,11-13H2,1-3H3,(H,22,24). The van der Waals surface area contributed by atoms with E-state index >= 15 is 0 Å². The number of ether oxygens (including phenoxy) is 2. The van der Waals surface area contributed by atoms with Gasteiger partial charge in [-0.15, -0.1) is 11.8 Å². The Hall–Kier alpha value is -2.74. The van der Waals surface area contributed by atoms with Crippen LogP contribution in [0.15, 0.2) is 42.5 Å². The highest BCUT2D eigenvalue weighted by Crippen LogP contribution is 2.41. The van der Waals surface area contributed by atoms with Gasteiger partial charge in [0.15, 0.2) is 0 Å². The van der Waals surface area contributed by atoms with Crippen molar-refractivity contribution in [2.75, 3.05) is 12.9 Å². The number of carbonyl (C=O) groups excluding carboxylic acids is 1. The highest BCUT2D eigenvalue weighted by Gasteiger charge is 2.34. The van der Waals surface area contributed by atoms with Crippen LogP contribution in [0.4, 0.5) is 5.69 Å². The predicted molar refractivity (Wildman–Crippen MR) is 112 cm³/mol. The summed E-state index contributed by atoms with van der Waals surface area (Å²) >= 11 is 1.47. The van der Waals surface area contributed by atoms with Gasteiger partial charge in [-0.2, -0.15) is 0 Å². The molecule has 29 heavy (non-hydrogen) atoms. The summed E-state index contributed by atoms with van der Waals surface area (Å²) in [7, 11) is 1.61. The summed E-state index contributed by atoms with van der Waals surface area (Å²) in [6, 6.07) is 11.9. The molecule has 0 radical (unpaired) electrons. The first-order valence-corrected chi connectivity index (χ1v) is 10.4. The fraction of sp³-hybridized carbons (Fsp3) is 0.381. The normalized spacial score (nSPS) is 17.0. The smallest absolute Gasteiger partial charge is 0.269 e. The van der Waals surface area contributed by atoms with Gasteiger partial charge in [0.25, 0.3) is 5.69 Å². The van der Waals surface area contributed by atoms with Crippen molar-refractivity contribution in [3.8, 4) is 11.5 Å². The lowest BCUT2D eigenvalue weighted by molar-refractivity contribution is -0.384. The molecule has 1 amide bonds.